The highest BCUT2D eigenvalue weighted by atomic mass is 16.1. The Balaban J connectivity index is 1.65. The van der Waals surface area contributed by atoms with Crippen LogP contribution in [0.25, 0.3) is 10.9 Å². The number of benzene rings is 1. The fraction of sp³-hybridized carbons (Fsp3) is 0.400. The van der Waals surface area contributed by atoms with Gasteiger partial charge < -0.3 is 10.3 Å². The van der Waals surface area contributed by atoms with Gasteiger partial charge in [0.25, 0.3) is 0 Å². The van der Waals surface area contributed by atoms with Crippen molar-refractivity contribution in [3.05, 3.63) is 30.5 Å². The van der Waals surface area contributed by atoms with E-state index in [0.717, 1.165) is 11.2 Å². The van der Waals surface area contributed by atoms with Gasteiger partial charge in [0.1, 0.15) is 0 Å². The zero-order valence-electron chi connectivity index (χ0n) is 10.4. The predicted molar refractivity (Wildman–Crippen MR) is 73.5 cm³/mol. The summed E-state index contributed by atoms with van der Waals surface area (Å²) in [6.07, 6.45) is 7.57. The van der Waals surface area contributed by atoms with Gasteiger partial charge >= 0.3 is 0 Å². The molecule has 3 heteroatoms. The fourth-order valence-electron chi connectivity index (χ4n) is 2.81. The summed E-state index contributed by atoms with van der Waals surface area (Å²) >= 11 is 0. The van der Waals surface area contributed by atoms with Gasteiger partial charge in [0.15, 0.2) is 0 Å². The van der Waals surface area contributed by atoms with E-state index in [4.69, 9.17) is 0 Å². The first kappa shape index (κ1) is 11.3. The van der Waals surface area contributed by atoms with Crippen molar-refractivity contribution < 1.29 is 4.79 Å². The summed E-state index contributed by atoms with van der Waals surface area (Å²) in [5, 5.41) is 4.16. The first-order valence-corrected chi connectivity index (χ1v) is 6.68. The van der Waals surface area contributed by atoms with Crippen LogP contribution in [0.2, 0.25) is 0 Å². The number of amides is 1. The van der Waals surface area contributed by atoms with Gasteiger partial charge in [-0.1, -0.05) is 18.9 Å². The van der Waals surface area contributed by atoms with Crippen molar-refractivity contribution in [1.82, 2.24) is 4.98 Å². The molecule has 2 aromatic rings. The maximum atomic E-state index is 11.9. The first-order chi connectivity index (χ1) is 8.81. The molecule has 1 heterocycles. The number of hydrogen-bond donors (Lipinski definition) is 2. The molecule has 94 valence electrons. The number of rotatable bonds is 3. The lowest BCUT2D eigenvalue weighted by molar-refractivity contribution is -0.117. The summed E-state index contributed by atoms with van der Waals surface area (Å²) in [5.74, 6) is 0.743. The monoisotopic (exact) mass is 242 g/mol. The van der Waals surface area contributed by atoms with Gasteiger partial charge in [0.05, 0.1) is 0 Å². The molecule has 0 saturated heterocycles. The van der Waals surface area contributed by atoms with Crippen LogP contribution in [0.4, 0.5) is 5.69 Å². The van der Waals surface area contributed by atoms with Crippen LogP contribution in [0, 0.1) is 5.92 Å². The minimum absolute atomic E-state index is 0.146. The topological polar surface area (TPSA) is 44.9 Å². The number of aromatic amines is 1. The van der Waals surface area contributed by atoms with Crippen LogP contribution in [0.3, 0.4) is 0 Å². The lowest BCUT2D eigenvalue weighted by atomic mass is 10.0. The van der Waals surface area contributed by atoms with Gasteiger partial charge in [-0.05, 0) is 42.3 Å². The summed E-state index contributed by atoms with van der Waals surface area (Å²) in [5.41, 5.74) is 1.95. The Kier molecular flexibility index (Phi) is 3.05. The smallest absolute Gasteiger partial charge is 0.224 e. The van der Waals surface area contributed by atoms with E-state index in [1.54, 1.807) is 0 Å². The van der Waals surface area contributed by atoms with Crippen molar-refractivity contribution in [2.45, 2.75) is 32.1 Å². The van der Waals surface area contributed by atoms with Crippen LogP contribution in [0.5, 0.6) is 0 Å². The third-order valence-electron chi connectivity index (χ3n) is 3.79. The van der Waals surface area contributed by atoms with Gasteiger partial charge in [-0.2, -0.15) is 0 Å². The van der Waals surface area contributed by atoms with Crippen molar-refractivity contribution in [2.75, 3.05) is 5.32 Å². The summed E-state index contributed by atoms with van der Waals surface area (Å²) in [6.45, 7) is 0. The molecule has 18 heavy (non-hydrogen) atoms. The molecule has 0 spiro atoms. The number of carbonyl (C=O) groups excluding carboxylic acids is 1. The van der Waals surface area contributed by atoms with E-state index in [1.807, 2.05) is 30.5 Å². The number of aromatic nitrogens is 1. The average molecular weight is 242 g/mol. The number of anilines is 1. The maximum absolute atomic E-state index is 11.9. The Labute approximate surface area is 107 Å². The molecular formula is C15H18N2O. The maximum Gasteiger partial charge on any atom is 0.224 e. The van der Waals surface area contributed by atoms with Crippen LogP contribution < -0.4 is 5.32 Å². The highest BCUT2D eigenvalue weighted by Gasteiger charge is 2.18. The SMILES string of the molecule is O=C(CC1CCCC1)Nc1ccc2cc[nH]c2c1. The van der Waals surface area contributed by atoms with Gasteiger partial charge in [0.2, 0.25) is 5.91 Å². The standard InChI is InChI=1S/C15H18N2O/c18-15(9-11-3-1-2-4-11)17-13-6-5-12-7-8-16-14(12)10-13/h5-8,10-11,16H,1-4,9H2,(H,17,18). The summed E-state index contributed by atoms with van der Waals surface area (Å²) < 4.78 is 0. The van der Waals surface area contributed by atoms with E-state index in [1.165, 1.54) is 31.1 Å². The lowest BCUT2D eigenvalue weighted by Gasteiger charge is -2.09. The Morgan fingerprint density at radius 1 is 1.28 bits per heavy atom. The molecule has 0 bridgehead atoms. The average Bonchev–Trinajstić information content (AvgIpc) is 2.98. The molecule has 3 rings (SSSR count). The Morgan fingerprint density at radius 3 is 2.94 bits per heavy atom. The molecule has 1 aliphatic rings. The highest BCUT2D eigenvalue weighted by molar-refractivity contribution is 5.93. The van der Waals surface area contributed by atoms with E-state index in [9.17, 15) is 4.79 Å². The van der Waals surface area contributed by atoms with E-state index in [-0.39, 0.29) is 5.91 Å². The molecule has 1 aromatic carbocycles. The number of hydrogen-bond acceptors (Lipinski definition) is 1. The van der Waals surface area contributed by atoms with Crippen LogP contribution in [-0.4, -0.2) is 10.9 Å². The van der Waals surface area contributed by atoms with Crippen molar-refractivity contribution in [1.29, 1.82) is 0 Å². The van der Waals surface area contributed by atoms with Crippen molar-refractivity contribution >= 4 is 22.5 Å². The van der Waals surface area contributed by atoms with Crippen molar-refractivity contribution in [3.8, 4) is 0 Å². The molecule has 1 fully saturated rings. The lowest BCUT2D eigenvalue weighted by Crippen LogP contribution is -2.14. The Morgan fingerprint density at radius 2 is 2.11 bits per heavy atom. The number of carbonyl (C=O) groups is 1. The zero-order chi connectivity index (χ0) is 12.4. The van der Waals surface area contributed by atoms with E-state index in [0.29, 0.717) is 12.3 Å². The largest absolute Gasteiger partial charge is 0.361 e. The minimum Gasteiger partial charge on any atom is -0.361 e. The Hall–Kier alpha value is -1.77. The van der Waals surface area contributed by atoms with Gasteiger partial charge in [-0.3, -0.25) is 4.79 Å². The molecule has 0 radical (unpaired) electrons. The van der Waals surface area contributed by atoms with E-state index in [2.05, 4.69) is 10.3 Å². The third-order valence-corrected chi connectivity index (χ3v) is 3.79. The van der Waals surface area contributed by atoms with Gasteiger partial charge in [-0.25, -0.2) is 0 Å². The first-order valence-electron chi connectivity index (χ1n) is 6.68. The molecule has 1 saturated carbocycles. The van der Waals surface area contributed by atoms with E-state index < -0.39 is 0 Å². The summed E-state index contributed by atoms with van der Waals surface area (Å²) in [6, 6.07) is 8.00. The zero-order valence-corrected chi connectivity index (χ0v) is 10.4. The highest BCUT2D eigenvalue weighted by Crippen LogP contribution is 2.28. The normalized spacial score (nSPS) is 16.2. The molecule has 0 unspecified atom stereocenters. The molecule has 1 aliphatic carbocycles. The summed E-state index contributed by atoms with van der Waals surface area (Å²) in [4.78, 5) is 15.1. The molecule has 1 amide bonds. The number of H-pyrrole nitrogens is 1. The quantitative estimate of drug-likeness (QED) is 0.847. The molecule has 2 N–H and O–H groups in total. The second-order valence-corrected chi connectivity index (χ2v) is 5.18. The molecule has 1 aromatic heterocycles. The fourth-order valence-corrected chi connectivity index (χ4v) is 2.81. The molecular weight excluding hydrogens is 224 g/mol. The predicted octanol–water partition coefficient (Wildman–Crippen LogP) is 3.69. The Bertz CT molecular complexity index is 552. The minimum atomic E-state index is 0.146. The van der Waals surface area contributed by atoms with Crippen LogP contribution >= 0.6 is 0 Å². The van der Waals surface area contributed by atoms with Crippen molar-refractivity contribution in [3.63, 3.8) is 0 Å². The van der Waals surface area contributed by atoms with Crippen LogP contribution in [0.15, 0.2) is 30.5 Å². The van der Waals surface area contributed by atoms with Gasteiger partial charge in [-0.15, -0.1) is 0 Å². The van der Waals surface area contributed by atoms with Crippen molar-refractivity contribution in [2.24, 2.45) is 5.92 Å². The van der Waals surface area contributed by atoms with Gasteiger partial charge in [0, 0.05) is 23.8 Å². The summed E-state index contributed by atoms with van der Waals surface area (Å²) in [7, 11) is 0. The second-order valence-electron chi connectivity index (χ2n) is 5.18. The molecule has 0 aliphatic heterocycles. The molecule has 0 atom stereocenters. The van der Waals surface area contributed by atoms with Crippen LogP contribution in [-0.2, 0) is 4.79 Å². The van der Waals surface area contributed by atoms with Crippen LogP contribution in [0.1, 0.15) is 32.1 Å². The van der Waals surface area contributed by atoms with E-state index >= 15 is 0 Å². The number of nitrogens with one attached hydrogen (secondary N) is 2. The number of fused-ring (bicyclic) bond motifs is 1. The molecule has 3 nitrogen and oxygen atoms in total. The third kappa shape index (κ3) is 2.40. The second kappa shape index (κ2) is 4.84.